The zero-order valence-electron chi connectivity index (χ0n) is 20.3. The smallest absolute Gasteiger partial charge is 0.405 e. The van der Waals surface area contributed by atoms with Gasteiger partial charge in [0.1, 0.15) is 5.75 Å². The third-order valence-electron chi connectivity index (χ3n) is 5.98. The van der Waals surface area contributed by atoms with Gasteiger partial charge in [-0.25, -0.2) is 4.98 Å². The highest BCUT2D eigenvalue weighted by atomic mass is 35.5. The van der Waals surface area contributed by atoms with Crippen LogP contribution in [0.1, 0.15) is 21.6 Å². The van der Waals surface area contributed by atoms with E-state index in [1.165, 1.54) is 18.2 Å². The van der Waals surface area contributed by atoms with Gasteiger partial charge in [-0.1, -0.05) is 18.2 Å². The summed E-state index contributed by atoms with van der Waals surface area (Å²) in [6, 6.07) is 15.3. The van der Waals surface area contributed by atoms with Gasteiger partial charge in [-0.2, -0.15) is 0 Å². The summed E-state index contributed by atoms with van der Waals surface area (Å²) >= 11 is 0. The quantitative estimate of drug-likeness (QED) is 0.290. The number of pyridine rings is 1. The lowest BCUT2D eigenvalue weighted by atomic mass is 10.0. The summed E-state index contributed by atoms with van der Waals surface area (Å²) in [7, 11) is 0. The summed E-state index contributed by atoms with van der Waals surface area (Å²) in [5, 5.41) is 0. The van der Waals surface area contributed by atoms with Gasteiger partial charge in [0.05, 0.1) is 24.1 Å². The first-order chi connectivity index (χ1) is 17.4. The number of H-pyrrole nitrogens is 1. The van der Waals surface area contributed by atoms with E-state index in [1.54, 1.807) is 29.8 Å². The normalized spacial score (nSPS) is 12.7. The number of amides is 1. The minimum atomic E-state index is -4.90. The molecule has 0 atom stereocenters. The molecule has 1 aliphatic heterocycles. The lowest BCUT2D eigenvalue weighted by molar-refractivity contribution is -0.274. The van der Waals surface area contributed by atoms with Gasteiger partial charge in [0.2, 0.25) is 0 Å². The average molecular weight is 603 g/mol. The Bertz CT molecular complexity index is 1360. The Hall–Kier alpha value is -3.47. The van der Waals surface area contributed by atoms with Gasteiger partial charge in [-0.3, -0.25) is 9.78 Å². The molecule has 208 valence electrons. The third kappa shape index (κ3) is 7.56. The number of nitrogens with one attached hydrogen (secondary N) is 1. The summed E-state index contributed by atoms with van der Waals surface area (Å²) in [6.07, 6.45) is 1.86. The maximum absolute atomic E-state index is 13.5. The summed E-state index contributed by atoms with van der Waals surface area (Å²) in [6.45, 7) is 1.56. The molecule has 1 N–H and O–H groups in total. The number of fused-ring (bicyclic) bond motifs is 1. The molecule has 7 nitrogen and oxygen atoms in total. The number of aromatic amines is 1. The number of rotatable bonds is 5. The molecule has 0 bridgehead atoms. The van der Waals surface area contributed by atoms with E-state index in [1.807, 2.05) is 30.3 Å². The second kappa shape index (κ2) is 13.5. The predicted molar refractivity (Wildman–Crippen MR) is 149 cm³/mol. The maximum Gasteiger partial charge on any atom is 0.573 e. The number of hydrogen-bond donors (Lipinski definition) is 1. The van der Waals surface area contributed by atoms with Gasteiger partial charge in [-0.15, -0.1) is 50.4 Å². The highest BCUT2D eigenvalue weighted by Crippen LogP contribution is 2.33. The van der Waals surface area contributed by atoms with E-state index < -0.39 is 18.0 Å². The fourth-order valence-corrected chi connectivity index (χ4v) is 4.33. The Morgan fingerprint density at radius 2 is 1.69 bits per heavy atom. The molecule has 0 radical (unpaired) electrons. The van der Waals surface area contributed by atoms with Crippen LogP contribution >= 0.6 is 37.2 Å². The van der Waals surface area contributed by atoms with Crippen LogP contribution in [0.3, 0.4) is 0 Å². The van der Waals surface area contributed by atoms with E-state index in [2.05, 4.69) is 24.6 Å². The van der Waals surface area contributed by atoms with Crippen LogP contribution in [-0.4, -0.2) is 45.2 Å². The van der Waals surface area contributed by atoms with Crippen LogP contribution in [0.25, 0.3) is 11.1 Å². The van der Waals surface area contributed by atoms with E-state index in [4.69, 9.17) is 0 Å². The predicted octanol–water partition coefficient (Wildman–Crippen LogP) is 6.30. The zero-order chi connectivity index (χ0) is 25.1. The van der Waals surface area contributed by atoms with Crippen LogP contribution in [0, 0.1) is 0 Å². The van der Waals surface area contributed by atoms with E-state index in [0.29, 0.717) is 19.6 Å². The summed E-state index contributed by atoms with van der Waals surface area (Å²) < 4.78 is 43.0. The number of imidazole rings is 1. The summed E-state index contributed by atoms with van der Waals surface area (Å²) in [5.41, 5.74) is 4.51. The largest absolute Gasteiger partial charge is 0.573 e. The number of hydrogen-bond acceptors (Lipinski definition) is 5. The van der Waals surface area contributed by atoms with Crippen molar-refractivity contribution in [3.8, 4) is 16.9 Å². The van der Waals surface area contributed by atoms with Crippen molar-refractivity contribution < 1.29 is 22.7 Å². The molecule has 5 rings (SSSR count). The topological polar surface area (TPSA) is 74.3 Å². The Balaban J connectivity index is 0.00000178. The number of carbonyl (C=O) groups excluding carboxylic acids is 1. The van der Waals surface area contributed by atoms with E-state index in [9.17, 15) is 18.0 Å². The lowest BCUT2D eigenvalue weighted by Crippen LogP contribution is -2.35. The van der Waals surface area contributed by atoms with Gasteiger partial charge in [0.25, 0.3) is 5.91 Å². The average Bonchev–Trinajstić information content (AvgIpc) is 3.31. The van der Waals surface area contributed by atoms with Gasteiger partial charge in [-0.05, 0) is 53.1 Å². The van der Waals surface area contributed by atoms with Crippen LogP contribution in [0.2, 0.25) is 0 Å². The number of benzene rings is 2. The fraction of sp³-hybridized carbons (Fsp3) is 0.192. The molecule has 0 saturated heterocycles. The van der Waals surface area contributed by atoms with Crippen LogP contribution in [0.15, 0.2) is 79.5 Å². The number of nitrogens with zero attached hydrogens (tertiary/aromatic N) is 4. The Morgan fingerprint density at radius 3 is 2.38 bits per heavy atom. The Morgan fingerprint density at radius 1 is 0.949 bits per heavy atom. The number of para-hydroxylation sites is 1. The first-order valence-electron chi connectivity index (χ1n) is 11.3. The first-order valence-corrected chi connectivity index (χ1v) is 11.3. The second-order valence-corrected chi connectivity index (χ2v) is 8.35. The van der Waals surface area contributed by atoms with Crippen molar-refractivity contribution in [2.75, 3.05) is 18.0 Å². The molecule has 1 amide bonds. The highest BCUT2D eigenvalue weighted by molar-refractivity contribution is 5.97. The number of aromatic nitrogens is 3. The van der Waals surface area contributed by atoms with Crippen LogP contribution in [0.5, 0.6) is 5.75 Å². The number of anilines is 1. The van der Waals surface area contributed by atoms with Crippen molar-refractivity contribution in [1.82, 2.24) is 19.9 Å². The van der Waals surface area contributed by atoms with Crippen LogP contribution in [0.4, 0.5) is 18.9 Å². The summed E-state index contributed by atoms with van der Waals surface area (Å²) in [4.78, 5) is 28.4. The number of halogens is 6. The molecule has 1 aliphatic rings. The van der Waals surface area contributed by atoms with Crippen molar-refractivity contribution in [3.63, 3.8) is 0 Å². The molecule has 0 saturated carbocycles. The van der Waals surface area contributed by atoms with Crippen molar-refractivity contribution in [2.45, 2.75) is 19.5 Å². The molecular formula is C26H25Cl3F3N5O2. The number of alkyl halides is 3. The van der Waals surface area contributed by atoms with Crippen LogP contribution < -0.4 is 9.64 Å². The standard InChI is InChI=1S/C26H22F3N5O2.3ClH/c27-26(28,29)36-24-4-2-1-3-22(24)25(35)34-12-11-33(16-21-14-31-17-32-21)23-6-5-19(13-20(23)15-34)18-7-9-30-10-8-18;;;/h1-10,13-14,17H,11-12,15-16H2,(H,31,32);3*1H. The highest BCUT2D eigenvalue weighted by Gasteiger charge is 2.34. The van der Waals surface area contributed by atoms with Gasteiger partial charge in [0.15, 0.2) is 0 Å². The molecule has 0 aliphatic carbocycles. The molecular weight excluding hydrogens is 578 g/mol. The third-order valence-corrected chi connectivity index (χ3v) is 5.98. The fourth-order valence-electron chi connectivity index (χ4n) is 4.33. The SMILES string of the molecule is Cl.Cl.Cl.O=C(c1ccccc1OC(F)(F)F)N1CCN(Cc2cnc[nH]2)c2ccc(-c3ccncc3)cc2C1. The van der Waals surface area contributed by atoms with Crippen molar-refractivity contribution in [2.24, 2.45) is 0 Å². The Labute approximate surface area is 241 Å². The molecule has 0 unspecified atom stereocenters. The summed E-state index contributed by atoms with van der Waals surface area (Å²) in [5.74, 6) is -1.04. The van der Waals surface area contributed by atoms with E-state index in [-0.39, 0.29) is 49.3 Å². The zero-order valence-corrected chi connectivity index (χ0v) is 22.7. The maximum atomic E-state index is 13.5. The molecule has 3 heterocycles. The van der Waals surface area contributed by atoms with Crippen LogP contribution in [-0.2, 0) is 13.1 Å². The minimum Gasteiger partial charge on any atom is -0.405 e. The van der Waals surface area contributed by atoms with Crippen molar-refractivity contribution >= 4 is 48.8 Å². The van der Waals surface area contributed by atoms with Crippen molar-refractivity contribution in [3.05, 3.63) is 96.3 Å². The Kier molecular flexibility index (Phi) is 11.0. The van der Waals surface area contributed by atoms with Gasteiger partial charge < -0.3 is 19.5 Å². The van der Waals surface area contributed by atoms with Gasteiger partial charge in [0, 0.05) is 43.9 Å². The van der Waals surface area contributed by atoms with Crippen molar-refractivity contribution in [1.29, 1.82) is 0 Å². The molecule has 0 fully saturated rings. The molecule has 39 heavy (non-hydrogen) atoms. The van der Waals surface area contributed by atoms with E-state index in [0.717, 1.165) is 34.1 Å². The number of carbonyl (C=O) groups is 1. The second-order valence-electron chi connectivity index (χ2n) is 8.35. The molecule has 2 aromatic heterocycles. The molecule has 0 spiro atoms. The minimum absolute atomic E-state index is 0. The monoisotopic (exact) mass is 601 g/mol. The van der Waals surface area contributed by atoms with Gasteiger partial charge >= 0.3 is 6.36 Å². The lowest BCUT2D eigenvalue weighted by Gasteiger charge is -2.24. The number of ether oxygens (including phenoxy) is 1. The molecule has 13 heteroatoms. The molecule has 4 aromatic rings. The first kappa shape index (κ1) is 31.7. The molecule has 2 aromatic carbocycles. The van der Waals surface area contributed by atoms with E-state index >= 15 is 0 Å².